The molecule has 1 N–H and O–H groups in total. The summed E-state index contributed by atoms with van der Waals surface area (Å²) in [7, 11) is 0. The van der Waals surface area contributed by atoms with E-state index in [2.05, 4.69) is 48.5 Å². The molecule has 1 aromatic rings. The van der Waals surface area contributed by atoms with Crippen LogP contribution in [0.15, 0.2) is 17.5 Å². The molecule has 0 saturated carbocycles. The highest BCUT2D eigenvalue weighted by molar-refractivity contribution is 7.09. The Balaban J connectivity index is 2.19. The first-order chi connectivity index (χ1) is 8.77. The van der Waals surface area contributed by atoms with Gasteiger partial charge in [0, 0.05) is 30.6 Å². The minimum atomic E-state index is 0.708. The lowest BCUT2D eigenvalue weighted by atomic mass is 10.2. The topological polar surface area (TPSA) is 15.3 Å². The lowest BCUT2D eigenvalue weighted by Gasteiger charge is -2.28. The Hall–Kier alpha value is -0.380. The van der Waals surface area contributed by atoms with Crippen molar-refractivity contribution in [3.8, 4) is 0 Å². The van der Waals surface area contributed by atoms with E-state index in [1.165, 1.54) is 37.2 Å². The molecule has 0 bridgehead atoms. The van der Waals surface area contributed by atoms with Gasteiger partial charge in [0.25, 0.3) is 0 Å². The Kier molecular flexibility index (Phi) is 8.31. The lowest BCUT2D eigenvalue weighted by molar-refractivity contribution is 0.201. The average molecular weight is 268 g/mol. The Labute approximate surface area is 116 Å². The molecule has 0 amide bonds. The van der Waals surface area contributed by atoms with E-state index in [1.807, 2.05) is 11.3 Å². The second-order valence-electron chi connectivity index (χ2n) is 4.90. The van der Waals surface area contributed by atoms with Crippen molar-refractivity contribution in [2.75, 3.05) is 19.6 Å². The number of nitrogens with zero attached hydrogens (tertiary/aromatic N) is 1. The molecule has 104 valence electrons. The van der Waals surface area contributed by atoms with Crippen molar-refractivity contribution in [3.63, 3.8) is 0 Å². The third kappa shape index (κ3) is 5.98. The maximum atomic E-state index is 3.54. The quantitative estimate of drug-likeness (QED) is 0.650. The van der Waals surface area contributed by atoms with Crippen LogP contribution in [-0.4, -0.2) is 30.6 Å². The van der Waals surface area contributed by atoms with Crippen molar-refractivity contribution in [3.05, 3.63) is 22.4 Å². The molecule has 18 heavy (non-hydrogen) atoms. The van der Waals surface area contributed by atoms with Gasteiger partial charge in [0.05, 0.1) is 0 Å². The minimum absolute atomic E-state index is 0.708. The maximum absolute atomic E-state index is 3.54. The van der Waals surface area contributed by atoms with E-state index in [9.17, 15) is 0 Å². The molecule has 0 aliphatic rings. The number of nitrogens with one attached hydrogen (secondary N) is 1. The second kappa shape index (κ2) is 9.54. The number of unbranched alkanes of at least 4 members (excludes halogenated alkanes) is 1. The van der Waals surface area contributed by atoms with Gasteiger partial charge in [-0.1, -0.05) is 26.3 Å². The van der Waals surface area contributed by atoms with Crippen LogP contribution in [0, 0.1) is 0 Å². The average Bonchev–Trinajstić information content (AvgIpc) is 2.90. The molecule has 0 spiro atoms. The van der Waals surface area contributed by atoms with Crippen LogP contribution in [0.1, 0.15) is 44.9 Å². The number of hydrogen-bond acceptors (Lipinski definition) is 3. The van der Waals surface area contributed by atoms with Gasteiger partial charge in [0.15, 0.2) is 0 Å². The molecule has 0 radical (unpaired) electrons. The van der Waals surface area contributed by atoms with Gasteiger partial charge in [0.2, 0.25) is 0 Å². The highest BCUT2D eigenvalue weighted by atomic mass is 32.1. The van der Waals surface area contributed by atoms with Crippen LogP contribution >= 0.6 is 11.3 Å². The molecule has 1 unspecified atom stereocenters. The fourth-order valence-electron chi connectivity index (χ4n) is 2.02. The molecule has 1 rings (SSSR count). The van der Waals surface area contributed by atoms with E-state index in [0.29, 0.717) is 6.04 Å². The summed E-state index contributed by atoms with van der Waals surface area (Å²) in [6.07, 6.45) is 3.85. The summed E-state index contributed by atoms with van der Waals surface area (Å²) in [4.78, 5) is 4.05. The maximum Gasteiger partial charge on any atom is 0.0300 e. The van der Waals surface area contributed by atoms with Crippen molar-refractivity contribution in [2.45, 2.75) is 52.6 Å². The highest BCUT2D eigenvalue weighted by Gasteiger charge is 2.10. The molecular weight excluding hydrogens is 240 g/mol. The molecule has 1 heterocycles. The molecule has 3 heteroatoms. The van der Waals surface area contributed by atoms with E-state index in [-0.39, 0.29) is 0 Å². The van der Waals surface area contributed by atoms with Gasteiger partial charge in [0.1, 0.15) is 0 Å². The number of rotatable bonds is 10. The third-order valence-corrected chi connectivity index (χ3v) is 4.34. The fourth-order valence-corrected chi connectivity index (χ4v) is 2.69. The van der Waals surface area contributed by atoms with Crippen molar-refractivity contribution in [1.82, 2.24) is 10.2 Å². The van der Waals surface area contributed by atoms with Gasteiger partial charge in [-0.3, -0.25) is 4.90 Å². The standard InChI is InChI=1S/C15H28N2S/c1-4-6-10-17(14(3)5-2)11-9-16-13-15-8-7-12-18-15/h7-8,12,14,16H,4-6,9-11,13H2,1-3H3. The van der Waals surface area contributed by atoms with Crippen molar-refractivity contribution in [1.29, 1.82) is 0 Å². The Morgan fingerprint density at radius 3 is 2.78 bits per heavy atom. The summed E-state index contributed by atoms with van der Waals surface area (Å²) in [5.41, 5.74) is 0. The molecule has 0 fully saturated rings. The van der Waals surface area contributed by atoms with E-state index >= 15 is 0 Å². The van der Waals surface area contributed by atoms with Gasteiger partial charge >= 0.3 is 0 Å². The normalized spacial score (nSPS) is 13.1. The van der Waals surface area contributed by atoms with E-state index in [4.69, 9.17) is 0 Å². The van der Waals surface area contributed by atoms with Crippen LogP contribution < -0.4 is 5.32 Å². The van der Waals surface area contributed by atoms with Crippen LogP contribution in [0.3, 0.4) is 0 Å². The third-order valence-electron chi connectivity index (χ3n) is 3.47. The van der Waals surface area contributed by atoms with E-state index in [1.54, 1.807) is 0 Å². The van der Waals surface area contributed by atoms with Gasteiger partial charge < -0.3 is 5.32 Å². The first-order valence-corrected chi connectivity index (χ1v) is 8.13. The van der Waals surface area contributed by atoms with Crippen LogP contribution in [0.4, 0.5) is 0 Å². The fraction of sp³-hybridized carbons (Fsp3) is 0.733. The summed E-state index contributed by atoms with van der Waals surface area (Å²) in [6.45, 7) is 11.4. The smallest absolute Gasteiger partial charge is 0.0300 e. The highest BCUT2D eigenvalue weighted by Crippen LogP contribution is 2.08. The summed E-state index contributed by atoms with van der Waals surface area (Å²) in [5.74, 6) is 0. The molecule has 0 aliphatic heterocycles. The van der Waals surface area contributed by atoms with Crippen LogP contribution in [0.2, 0.25) is 0 Å². The zero-order valence-corrected chi connectivity index (χ0v) is 12.9. The van der Waals surface area contributed by atoms with Crippen LogP contribution in [0.5, 0.6) is 0 Å². The summed E-state index contributed by atoms with van der Waals surface area (Å²) < 4.78 is 0. The molecule has 2 nitrogen and oxygen atoms in total. The number of hydrogen-bond donors (Lipinski definition) is 1. The summed E-state index contributed by atoms with van der Waals surface area (Å²) >= 11 is 1.83. The molecule has 0 saturated heterocycles. The van der Waals surface area contributed by atoms with Crippen LogP contribution in [-0.2, 0) is 6.54 Å². The van der Waals surface area contributed by atoms with Crippen molar-refractivity contribution in [2.24, 2.45) is 0 Å². The van der Waals surface area contributed by atoms with Crippen LogP contribution in [0.25, 0.3) is 0 Å². The largest absolute Gasteiger partial charge is 0.311 e. The molecule has 0 aliphatic carbocycles. The van der Waals surface area contributed by atoms with Gasteiger partial charge in [-0.2, -0.15) is 0 Å². The SMILES string of the molecule is CCCCN(CCNCc1cccs1)C(C)CC. The predicted molar refractivity (Wildman–Crippen MR) is 82.3 cm³/mol. The zero-order valence-electron chi connectivity index (χ0n) is 12.1. The van der Waals surface area contributed by atoms with Gasteiger partial charge in [-0.25, -0.2) is 0 Å². The van der Waals surface area contributed by atoms with Crippen molar-refractivity contribution >= 4 is 11.3 Å². The van der Waals surface area contributed by atoms with E-state index < -0.39 is 0 Å². The molecule has 1 atom stereocenters. The lowest BCUT2D eigenvalue weighted by Crippen LogP contribution is -2.38. The minimum Gasteiger partial charge on any atom is -0.311 e. The first-order valence-electron chi connectivity index (χ1n) is 7.25. The Morgan fingerprint density at radius 1 is 1.33 bits per heavy atom. The summed E-state index contributed by atoms with van der Waals surface area (Å²) in [6, 6.07) is 5.02. The number of thiophene rings is 1. The van der Waals surface area contributed by atoms with E-state index in [0.717, 1.165) is 13.1 Å². The molecule has 0 aromatic carbocycles. The van der Waals surface area contributed by atoms with Gasteiger partial charge in [-0.05, 0) is 37.8 Å². The second-order valence-corrected chi connectivity index (χ2v) is 5.94. The van der Waals surface area contributed by atoms with Crippen molar-refractivity contribution < 1.29 is 0 Å². The predicted octanol–water partition coefficient (Wildman–Crippen LogP) is 3.74. The Morgan fingerprint density at radius 2 is 2.17 bits per heavy atom. The summed E-state index contributed by atoms with van der Waals surface area (Å²) in [5, 5.41) is 5.68. The Bertz CT molecular complexity index is 285. The monoisotopic (exact) mass is 268 g/mol. The molecule has 1 aromatic heterocycles. The zero-order chi connectivity index (χ0) is 13.2. The van der Waals surface area contributed by atoms with Gasteiger partial charge in [-0.15, -0.1) is 11.3 Å². The molecular formula is C15H28N2S. The first kappa shape index (κ1) is 15.7.